The van der Waals surface area contributed by atoms with Gasteiger partial charge in [0, 0.05) is 34.9 Å². The monoisotopic (exact) mass is 344 g/mol. The van der Waals surface area contributed by atoms with Gasteiger partial charge in [0.25, 0.3) is 0 Å². The molecule has 26 heavy (non-hydrogen) atoms. The SMILES string of the molecule is Cc1ccccc1CNCC(O)Cn1c2ccccc2c2ccccc21. The number of fused-ring (bicyclic) bond motifs is 3. The minimum atomic E-state index is -0.446. The molecule has 132 valence electrons. The summed E-state index contributed by atoms with van der Waals surface area (Å²) >= 11 is 0. The molecular formula is C23H24N2O. The van der Waals surface area contributed by atoms with E-state index in [1.54, 1.807) is 0 Å². The third-order valence-electron chi connectivity index (χ3n) is 5.03. The van der Waals surface area contributed by atoms with Gasteiger partial charge in [-0.2, -0.15) is 0 Å². The summed E-state index contributed by atoms with van der Waals surface area (Å²) in [6, 6.07) is 25.2. The molecule has 0 spiro atoms. The van der Waals surface area contributed by atoms with Gasteiger partial charge in [0.05, 0.1) is 12.6 Å². The first-order valence-electron chi connectivity index (χ1n) is 9.13. The van der Waals surface area contributed by atoms with Gasteiger partial charge in [-0.3, -0.25) is 0 Å². The van der Waals surface area contributed by atoms with Crippen molar-refractivity contribution in [2.24, 2.45) is 0 Å². The number of nitrogens with one attached hydrogen (secondary N) is 1. The summed E-state index contributed by atoms with van der Waals surface area (Å²) < 4.78 is 2.23. The molecule has 3 aromatic carbocycles. The lowest BCUT2D eigenvalue weighted by atomic mass is 10.1. The van der Waals surface area contributed by atoms with Gasteiger partial charge >= 0.3 is 0 Å². The van der Waals surface area contributed by atoms with Gasteiger partial charge < -0.3 is 15.0 Å². The van der Waals surface area contributed by atoms with Crippen molar-refractivity contribution in [3.63, 3.8) is 0 Å². The average Bonchev–Trinajstić information content (AvgIpc) is 2.98. The van der Waals surface area contributed by atoms with Crippen molar-refractivity contribution in [2.45, 2.75) is 26.1 Å². The van der Waals surface area contributed by atoms with E-state index in [2.05, 4.69) is 89.6 Å². The maximum absolute atomic E-state index is 10.6. The predicted molar refractivity (Wildman–Crippen MR) is 108 cm³/mol. The minimum Gasteiger partial charge on any atom is -0.390 e. The molecule has 0 aliphatic heterocycles. The Labute approximate surface area is 153 Å². The Morgan fingerprint density at radius 1 is 0.846 bits per heavy atom. The van der Waals surface area contributed by atoms with Crippen molar-refractivity contribution in [2.75, 3.05) is 6.54 Å². The van der Waals surface area contributed by atoms with E-state index in [1.165, 1.54) is 32.9 Å². The lowest BCUT2D eigenvalue weighted by Crippen LogP contribution is -2.30. The third kappa shape index (κ3) is 3.24. The number of benzene rings is 3. The van der Waals surface area contributed by atoms with E-state index in [0.29, 0.717) is 13.1 Å². The number of nitrogens with zero attached hydrogens (tertiary/aromatic N) is 1. The van der Waals surface area contributed by atoms with Crippen LogP contribution in [0.2, 0.25) is 0 Å². The van der Waals surface area contributed by atoms with E-state index >= 15 is 0 Å². The van der Waals surface area contributed by atoms with Crippen LogP contribution in [0.3, 0.4) is 0 Å². The number of aliphatic hydroxyl groups excluding tert-OH is 1. The molecule has 0 aliphatic rings. The number of hydrogen-bond donors (Lipinski definition) is 2. The fraction of sp³-hybridized carbons (Fsp3) is 0.217. The van der Waals surface area contributed by atoms with Crippen LogP contribution in [-0.4, -0.2) is 22.3 Å². The lowest BCUT2D eigenvalue weighted by molar-refractivity contribution is 0.154. The Bertz CT molecular complexity index is 981. The summed E-state index contributed by atoms with van der Waals surface area (Å²) in [5.41, 5.74) is 4.90. The van der Waals surface area contributed by atoms with Crippen molar-refractivity contribution < 1.29 is 5.11 Å². The van der Waals surface area contributed by atoms with Crippen molar-refractivity contribution in [1.82, 2.24) is 9.88 Å². The van der Waals surface area contributed by atoms with Gasteiger partial charge in [-0.1, -0.05) is 60.7 Å². The predicted octanol–water partition coefficient (Wildman–Crippen LogP) is 4.25. The molecular weight excluding hydrogens is 320 g/mol. The second kappa shape index (κ2) is 7.32. The van der Waals surface area contributed by atoms with Crippen molar-refractivity contribution in [1.29, 1.82) is 0 Å². The van der Waals surface area contributed by atoms with Crippen LogP contribution < -0.4 is 5.32 Å². The molecule has 4 rings (SSSR count). The van der Waals surface area contributed by atoms with Crippen LogP contribution in [0, 0.1) is 6.92 Å². The molecule has 1 atom stereocenters. The summed E-state index contributed by atoms with van der Waals surface area (Å²) in [6.45, 7) is 4.03. The van der Waals surface area contributed by atoms with Gasteiger partial charge in [0.1, 0.15) is 0 Å². The van der Waals surface area contributed by atoms with Crippen molar-refractivity contribution >= 4 is 21.8 Å². The summed E-state index contributed by atoms with van der Waals surface area (Å²) in [6.07, 6.45) is -0.446. The Kier molecular flexibility index (Phi) is 4.74. The molecule has 0 fully saturated rings. The largest absolute Gasteiger partial charge is 0.390 e. The third-order valence-corrected chi connectivity index (χ3v) is 5.03. The topological polar surface area (TPSA) is 37.2 Å². The Morgan fingerprint density at radius 2 is 1.42 bits per heavy atom. The van der Waals surface area contributed by atoms with E-state index in [-0.39, 0.29) is 0 Å². The van der Waals surface area contributed by atoms with Gasteiger partial charge in [0.15, 0.2) is 0 Å². The van der Waals surface area contributed by atoms with E-state index in [1.807, 2.05) is 0 Å². The molecule has 0 saturated carbocycles. The quantitative estimate of drug-likeness (QED) is 0.548. The van der Waals surface area contributed by atoms with E-state index in [9.17, 15) is 5.11 Å². The van der Waals surface area contributed by atoms with Crippen LogP contribution in [0.15, 0.2) is 72.8 Å². The molecule has 3 nitrogen and oxygen atoms in total. The number of para-hydroxylation sites is 2. The maximum Gasteiger partial charge on any atom is 0.0843 e. The molecule has 0 aliphatic carbocycles. The number of rotatable bonds is 6. The zero-order valence-corrected chi connectivity index (χ0v) is 15.0. The smallest absolute Gasteiger partial charge is 0.0843 e. The molecule has 2 N–H and O–H groups in total. The number of hydrogen-bond acceptors (Lipinski definition) is 2. The Hall–Kier alpha value is -2.62. The number of aromatic nitrogens is 1. The summed E-state index contributed by atoms with van der Waals surface area (Å²) in [4.78, 5) is 0. The van der Waals surface area contributed by atoms with Crippen LogP contribution in [0.4, 0.5) is 0 Å². The zero-order valence-electron chi connectivity index (χ0n) is 15.0. The fourth-order valence-corrected chi connectivity index (χ4v) is 3.66. The summed E-state index contributed by atoms with van der Waals surface area (Å²) in [7, 11) is 0. The molecule has 1 aromatic heterocycles. The van der Waals surface area contributed by atoms with Crippen LogP contribution in [-0.2, 0) is 13.1 Å². The van der Waals surface area contributed by atoms with E-state index in [4.69, 9.17) is 0 Å². The van der Waals surface area contributed by atoms with Crippen LogP contribution in [0.5, 0.6) is 0 Å². The van der Waals surface area contributed by atoms with E-state index < -0.39 is 6.10 Å². The number of aliphatic hydroxyl groups is 1. The first-order chi connectivity index (χ1) is 12.7. The average molecular weight is 344 g/mol. The number of aryl methyl sites for hydroxylation is 1. The van der Waals surface area contributed by atoms with Crippen LogP contribution in [0.25, 0.3) is 21.8 Å². The lowest BCUT2D eigenvalue weighted by Gasteiger charge is -2.15. The van der Waals surface area contributed by atoms with Gasteiger partial charge in [-0.05, 0) is 30.2 Å². The molecule has 3 heteroatoms. The second-order valence-corrected chi connectivity index (χ2v) is 6.86. The first-order valence-corrected chi connectivity index (χ1v) is 9.13. The summed E-state index contributed by atoms with van der Waals surface area (Å²) in [5.74, 6) is 0. The highest BCUT2D eigenvalue weighted by Crippen LogP contribution is 2.28. The van der Waals surface area contributed by atoms with Crippen molar-refractivity contribution in [3.05, 3.63) is 83.9 Å². The standard InChI is InChI=1S/C23H24N2O/c1-17-8-2-3-9-18(17)14-24-15-19(26)16-25-22-12-6-4-10-20(22)21-11-5-7-13-23(21)25/h2-13,19,24,26H,14-16H2,1H3. The van der Waals surface area contributed by atoms with Gasteiger partial charge in [-0.25, -0.2) is 0 Å². The minimum absolute atomic E-state index is 0.446. The first kappa shape index (κ1) is 16.8. The normalized spacial score (nSPS) is 12.7. The fourth-order valence-electron chi connectivity index (χ4n) is 3.66. The van der Waals surface area contributed by atoms with Gasteiger partial charge in [-0.15, -0.1) is 0 Å². The molecule has 4 aromatic rings. The molecule has 1 heterocycles. The maximum atomic E-state index is 10.6. The molecule has 0 bridgehead atoms. The van der Waals surface area contributed by atoms with Crippen molar-refractivity contribution in [3.8, 4) is 0 Å². The summed E-state index contributed by atoms with van der Waals surface area (Å²) in [5, 5.41) is 16.5. The highest BCUT2D eigenvalue weighted by molar-refractivity contribution is 6.07. The van der Waals surface area contributed by atoms with E-state index in [0.717, 1.165) is 6.54 Å². The van der Waals surface area contributed by atoms with Crippen LogP contribution in [0.1, 0.15) is 11.1 Å². The highest BCUT2D eigenvalue weighted by atomic mass is 16.3. The second-order valence-electron chi connectivity index (χ2n) is 6.86. The molecule has 1 unspecified atom stereocenters. The molecule has 0 amide bonds. The Balaban J connectivity index is 1.50. The molecule has 0 saturated heterocycles. The molecule has 0 radical (unpaired) electrons. The van der Waals surface area contributed by atoms with Crippen LogP contribution >= 0.6 is 0 Å². The van der Waals surface area contributed by atoms with Gasteiger partial charge in [0.2, 0.25) is 0 Å². The highest BCUT2D eigenvalue weighted by Gasteiger charge is 2.13. The zero-order chi connectivity index (χ0) is 17.9. The Morgan fingerprint density at radius 3 is 2.08 bits per heavy atom.